The molecule has 0 radical (unpaired) electrons. The molecular formula is C50H72N12O17. The topological polar surface area (TPSA) is 478 Å². The van der Waals surface area contributed by atoms with Crippen molar-refractivity contribution in [3.8, 4) is 5.75 Å². The molecule has 1 heterocycles. The van der Waals surface area contributed by atoms with Gasteiger partial charge in [-0.3, -0.25) is 52.7 Å². The molecule has 19 N–H and O–H groups in total. The molecule has 0 aliphatic carbocycles. The number of nitrogens with two attached hydrogens (primary N) is 2. The van der Waals surface area contributed by atoms with Crippen LogP contribution in [0.25, 0.3) is 0 Å². The van der Waals surface area contributed by atoms with E-state index in [9.17, 15) is 83.1 Å². The molecule has 3 rings (SSSR count). The van der Waals surface area contributed by atoms with Crippen LogP contribution in [0.15, 0.2) is 54.6 Å². The Morgan fingerprint density at radius 2 is 0.962 bits per heavy atom. The number of carboxylic acids is 2. The number of aliphatic carboxylic acids is 2. The van der Waals surface area contributed by atoms with Gasteiger partial charge < -0.3 is 90.2 Å². The van der Waals surface area contributed by atoms with Gasteiger partial charge in [-0.05, 0) is 47.9 Å². The van der Waals surface area contributed by atoms with E-state index in [1.807, 2.05) is 24.5 Å². The summed E-state index contributed by atoms with van der Waals surface area (Å²) >= 11 is 0. The van der Waals surface area contributed by atoms with E-state index in [-0.39, 0.29) is 43.4 Å². The second kappa shape index (κ2) is 31.8. The minimum absolute atomic E-state index is 0.0698. The van der Waals surface area contributed by atoms with E-state index in [0.717, 1.165) is 0 Å². The van der Waals surface area contributed by atoms with Gasteiger partial charge in [-0.1, -0.05) is 70.2 Å². The molecule has 1 fully saturated rings. The van der Waals surface area contributed by atoms with Crippen LogP contribution in [0.3, 0.4) is 0 Å². The van der Waals surface area contributed by atoms with Crippen molar-refractivity contribution in [2.45, 2.75) is 127 Å². The molecule has 0 bridgehead atoms. The van der Waals surface area contributed by atoms with E-state index in [4.69, 9.17) is 11.5 Å². The first-order chi connectivity index (χ1) is 37.2. The van der Waals surface area contributed by atoms with Crippen molar-refractivity contribution >= 4 is 71.0 Å². The van der Waals surface area contributed by atoms with E-state index in [2.05, 4.69) is 42.5 Å². The maximum absolute atomic E-state index is 14.4. The number of rotatable bonds is 15. The van der Waals surface area contributed by atoms with Crippen molar-refractivity contribution in [2.75, 3.05) is 26.3 Å². The molecule has 1 aliphatic rings. The Hall–Kier alpha value is -8.28. The zero-order valence-electron chi connectivity index (χ0n) is 44.0. The van der Waals surface area contributed by atoms with E-state index < -0.39 is 170 Å². The third-order valence-electron chi connectivity index (χ3n) is 12.2. The van der Waals surface area contributed by atoms with Crippen molar-refractivity contribution in [3.05, 3.63) is 65.7 Å². The maximum atomic E-state index is 14.4. The van der Waals surface area contributed by atoms with Gasteiger partial charge in [0.1, 0.15) is 42.0 Å². The standard InChI is InChI=1S/C50H72N12O17/c1-24(2)14-31-43(72)54-20-29(51)42(71)30(15-27-10-12-28(65)13-11-27)55-44(73)32(16-26-8-6-5-7-9-26)56-46(75)34(18-40(67)68)57-47(76)35(19-41(69)70)58-48(77)37(22-63)60-49(78)38(23-64)59-45(74)33(17-39(52)66)61-50(79)62-36(21-53-31)25(3)4/h5-13,24-25,29-38,53,63-65H,14-23,51H2,1-4H3,(H2,52,66)(H,54,72)(H,55,73)(H,56,75)(H,57,76)(H,58,77)(H,59,74)(H,60,78)(H,67,68)(H,69,70)(H2,61,62,79)/t29?,30-,31?,32-,33-,34-,35-,36?,37-,38-/m0/s1. The number of carbonyl (C=O) groups is 12. The summed E-state index contributed by atoms with van der Waals surface area (Å²) in [4.78, 5) is 161. The number of primary amides is 1. The number of ketones is 1. The highest BCUT2D eigenvalue weighted by Gasteiger charge is 2.37. The summed E-state index contributed by atoms with van der Waals surface area (Å²) in [5.74, 6) is -14.4. The number of aliphatic hydroxyl groups excluding tert-OH is 2. The molecule has 79 heavy (non-hydrogen) atoms. The molecule has 10 amide bonds. The third kappa shape index (κ3) is 22.3. The zero-order chi connectivity index (χ0) is 59.1. The fourth-order valence-electron chi connectivity index (χ4n) is 7.89. The predicted molar refractivity (Wildman–Crippen MR) is 277 cm³/mol. The predicted octanol–water partition coefficient (Wildman–Crippen LogP) is -5.38. The molecule has 0 aromatic heterocycles. The van der Waals surface area contributed by atoms with Crippen LogP contribution in [0, 0.1) is 11.8 Å². The highest BCUT2D eigenvalue weighted by Crippen LogP contribution is 2.14. The number of hydrogen-bond acceptors (Lipinski definition) is 17. The van der Waals surface area contributed by atoms with Gasteiger partial charge in [-0.15, -0.1) is 0 Å². The molecule has 29 heteroatoms. The molecule has 434 valence electrons. The lowest BCUT2D eigenvalue weighted by Gasteiger charge is -2.28. The first-order valence-electron chi connectivity index (χ1n) is 25.2. The van der Waals surface area contributed by atoms with Crippen LogP contribution >= 0.6 is 0 Å². The summed E-state index contributed by atoms with van der Waals surface area (Å²) in [7, 11) is 0. The molecule has 1 aliphatic heterocycles. The SMILES string of the molecule is CC(C)CC1NCC(C(C)C)NC(=O)N[C@@H](CC(N)=O)C(=O)N[C@@H](CO)C(=O)N[C@@H](CO)C(=O)N[C@@H](CC(=O)O)C(=O)N[C@@H](CC(=O)O)C(=O)N[C@@H](Cc2ccccc2)C(=O)N[C@@H](Cc2ccc(O)cc2)C(=O)C(N)CNC1=O. The lowest BCUT2D eigenvalue weighted by Crippen LogP contribution is -2.62. The lowest BCUT2D eigenvalue weighted by molar-refractivity contribution is -0.143. The van der Waals surface area contributed by atoms with Crippen molar-refractivity contribution in [1.82, 2.24) is 53.2 Å². The highest BCUT2D eigenvalue weighted by molar-refractivity contribution is 6.00. The molecule has 3 unspecified atom stereocenters. The quantitative estimate of drug-likeness (QED) is 0.0792. The number of aliphatic hydroxyl groups is 2. The summed E-state index contributed by atoms with van der Waals surface area (Å²) in [6.07, 6.45) is -3.60. The summed E-state index contributed by atoms with van der Waals surface area (Å²) < 4.78 is 0. The molecular weight excluding hydrogens is 1040 g/mol. The molecule has 29 nitrogen and oxygen atoms in total. The second-order valence-corrected chi connectivity index (χ2v) is 19.5. The molecule has 0 spiro atoms. The third-order valence-corrected chi connectivity index (χ3v) is 12.2. The van der Waals surface area contributed by atoms with Crippen LogP contribution in [-0.2, 0) is 65.6 Å². The number of aromatic hydroxyl groups is 1. The number of nitrogens with one attached hydrogen (secondary N) is 10. The van der Waals surface area contributed by atoms with Crippen molar-refractivity contribution < 1.29 is 83.1 Å². The molecule has 0 saturated carbocycles. The Bertz CT molecular complexity index is 2480. The van der Waals surface area contributed by atoms with E-state index in [1.54, 1.807) is 44.2 Å². The minimum atomic E-state index is -2.17. The number of benzene rings is 2. The number of hydrogen-bond donors (Lipinski definition) is 17. The Kier molecular flexibility index (Phi) is 26.2. The van der Waals surface area contributed by atoms with Crippen molar-refractivity contribution in [3.63, 3.8) is 0 Å². The first-order valence-corrected chi connectivity index (χ1v) is 25.2. The summed E-state index contributed by atoms with van der Waals surface area (Å²) in [6, 6.07) is -3.90. The van der Waals surface area contributed by atoms with Gasteiger partial charge in [0.25, 0.3) is 0 Å². The number of Topliss-reactive ketones (excluding diaryl/α,β-unsaturated/α-hetero) is 1. The lowest BCUT2D eigenvalue weighted by atomic mass is 9.96. The average molecular weight is 1110 g/mol. The number of amides is 10. The Labute approximate surface area is 453 Å². The summed E-state index contributed by atoms with van der Waals surface area (Å²) in [5.41, 5.74) is 12.6. The Morgan fingerprint density at radius 3 is 1.43 bits per heavy atom. The Balaban J connectivity index is 2.17. The first kappa shape index (κ1) is 65.0. The molecule has 10 atom stereocenters. The Morgan fingerprint density at radius 1 is 0.532 bits per heavy atom. The van der Waals surface area contributed by atoms with Gasteiger partial charge in [0, 0.05) is 25.6 Å². The van der Waals surface area contributed by atoms with Crippen LogP contribution in [-0.4, -0.2) is 183 Å². The fourth-order valence-corrected chi connectivity index (χ4v) is 7.89. The molecule has 1 saturated heterocycles. The second-order valence-electron chi connectivity index (χ2n) is 19.5. The van der Waals surface area contributed by atoms with Crippen LogP contribution in [0.2, 0.25) is 0 Å². The normalized spacial score (nSPS) is 25.4. The monoisotopic (exact) mass is 1110 g/mol. The largest absolute Gasteiger partial charge is 0.508 e. The summed E-state index contributed by atoms with van der Waals surface area (Å²) in [5, 5.41) is 73.6. The van der Waals surface area contributed by atoms with Crippen LogP contribution in [0.4, 0.5) is 4.79 Å². The summed E-state index contributed by atoms with van der Waals surface area (Å²) in [6.45, 7) is 4.13. The molecule has 2 aromatic carbocycles. The number of phenols is 1. The van der Waals surface area contributed by atoms with E-state index >= 15 is 0 Å². The smallest absolute Gasteiger partial charge is 0.315 e. The number of carbonyl (C=O) groups excluding carboxylic acids is 10. The maximum Gasteiger partial charge on any atom is 0.315 e. The van der Waals surface area contributed by atoms with Crippen LogP contribution in [0.5, 0.6) is 5.75 Å². The van der Waals surface area contributed by atoms with Gasteiger partial charge in [-0.2, -0.15) is 0 Å². The zero-order valence-corrected chi connectivity index (χ0v) is 44.0. The number of carboxylic acid groups (broad SMARTS) is 2. The van der Waals surface area contributed by atoms with Gasteiger partial charge >= 0.3 is 18.0 Å². The highest BCUT2D eigenvalue weighted by atomic mass is 16.4. The van der Waals surface area contributed by atoms with Gasteiger partial charge in [0.15, 0.2) is 5.78 Å². The van der Waals surface area contributed by atoms with Gasteiger partial charge in [0.05, 0.1) is 50.6 Å². The van der Waals surface area contributed by atoms with Crippen molar-refractivity contribution in [2.24, 2.45) is 23.3 Å². The van der Waals surface area contributed by atoms with E-state index in [1.165, 1.54) is 24.3 Å². The van der Waals surface area contributed by atoms with Crippen LogP contribution < -0.4 is 64.6 Å². The number of phenolic OH excluding ortho intramolecular Hbond substituents is 1. The van der Waals surface area contributed by atoms with Crippen molar-refractivity contribution in [1.29, 1.82) is 0 Å². The minimum Gasteiger partial charge on any atom is -0.508 e. The fraction of sp³-hybridized carbons (Fsp3) is 0.520. The van der Waals surface area contributed by atoms with Gasteiger partial charge in [0.2, 0.25) is 47.3 Å². The van der Waals surface area contributed by atoms with E-state index in [0.29, 0.717) is 11.1 Å². The van der Waals surface area contributed by atoms with Crippen LogP contribution in [0.1, 0.15) is 64.5 Å². The van der Waals surface area contributed by atoms with Gasteiger partial charge in [-0.25, -0.2) is 4.79 Å². The molecule has 2 aromatic rings. The number of urea groups is 1. The average Bonchev–Trinajstić information content (AvgIpc) is 3.37.